The van der Waals surface area contributed by atoms with E-state index >= 15 is 0 Å². The molecule has 1 saturated carbocycles. The van der Waals surface area contributed by atoms with Crippen molar-refractivity contribution in [2.75, 3.05) is 25.1 Å². The van der Waals surface area contributed by atoms with Crippen LogP contribution in [0.2, 0.25) is 5.02 Å². The minimum Gasteiger partial charge on any atom is -0.493 e. The topological polar surface area (TPSA) is 105 Å². The molecule has 0 heterocycles. The zero-order valence-electron chi connectivity index (χ0n) is 28.0. The van der Waals surface area contributed by atoms with Crippen LogP contribution in [0, 0.1) is 6.92 Å². The summed E-state index contributed by atoms with van der Waals surface area (Å²) < 4.78 is 40.7. The van der Waals surface area contributed by atoms with Gasteiger partial charge in [-0.15, -0.1) is 0 Å². The van der Waals surface area contributed by atoms with Gasteiger partial charge in [0.1, 0.15) is 12.6 Å². The number of rotatable bonds is 14. The molecule has 1 aliphatic rings. The van der Waals surface area contributed by atoms with Gasteiger partial charge in [-0.1, -0.05) is 90.7 Å². The van der Waals surface area contributed by atoms with E-state index in [-0.39, 0.29) is 35.6 Å². The minimum absolute atomic E-state index is 0.00770. The van der Waals surface area contributed by atoms with Crippen molar-refractivity contribution in [3.63, 3.8) is 0 Å². The molecule has 2 amide bonds. The van der Waals surface area contributed by atoms with E-state index in [2.05, 4.69) is 5.32 Å². The minimum atomic E-state index is -4.33. The second-order valence-corrected chi connectivity index (χ2v) is 14.4. The van der Waals surface area contributed by atoms with Crippen LogP contribution in [0.15, 0.2) is 102 Å². The largest absolute Gasteiger partial charge is 0.493 e. The summed E-state index contributed by atoms with van der Waals surface area (Å²) in [4.78, 5) is 30.3. The van der Waals surface area contributed by atoms with E-state index in [9.17, 15) is 18.0 Å². The van der Waals surface area contributed by atoms with Crippen molar-refractivity contribution in [3.05, 3.63) is 119 Å². The lowest BCUT2D eigenvalue weighted by Crippen LogP contribution is -2.54. The van der Waals surface area contributed by atoms with Crippen LogP contribution in [0.3, 0.4) is 0 Å². The van der Waals surface area contributed by atoms with Crippen molar-refractivity contribution in [2.24, 2.45) is 0 Å². The van der Waals surface area contributed by atoms with Crippen LogP contribution in [0.25, 0.3) is 0 Å². The molecule has 49 heavy (non-hydrogen) atoms. The second kappa shape index (κ2) is 16.2. The van der Waals surface area contributed by atoms with Crippen molar-refractivity contribution in [3.8, 4) is 11.5 Å². The molecule has 0 radical (unpaired) electrons. The van der Waals surface area contributed by atoms with Gasteiger partial charge in [0.25, 0.3) is 10.0 Å². The molecule has 258 valence electrons. The predicted molar refractivity (Wildman–Crippen MR) is 192 cm³/mol. The van der Waals surface area contributed by atoms with Crippen LogP contribution in [-0.4, -0.2) is 58.0 Å². The fourth-order valence-electron chi connectivity index (χ4n) is 6.08. The number of carbonyl (C=O) groups excluding carboxylic acids is 2. The van der Waals surface area contributed by atoms with E-state index in [0.717, 1.165) is 41.1 Å². The van der Waals surface area contributed by atoms with Gasteiger partial charge in [-0.05, 0) is 61.2 Å². The molecule has 1 aliphatic carbocycles. The monoisotopic (exact) mass is 703 g/mol. The summed E-state index contributed by atoms with van der Waals surface area (Å²) in [5.41, 5.74) is 2.71. The summed E-state index contributed by atoms with van der Waals surface area (Å²) in [6.45, 7) is 1.31. The van der Waals surface area contributed by atoms with Gasteiger partial charge in [0, 0.05) is 30.1 Å². The highest BCUT2D eigenvalue weighted by atomic mass is 35.5. The Kier molecular flexibility index (Phi) is 11.9. The van der Waals surface area contributed by atoms with Crippen LogP contribution in [0.4, 0.5) is 5.69 Å². The number of hydrogen-bond acceptors (Lipinski definition) is 6. The Balaban J connectivity index is 1.59. The Morgan fingerprint density at radius 1 is 0.878 bits per heavy atom. The van der Waals surface area contributed by atoms with Crippen LogP contribution in [0.1, 0.15) is 42.4 Å². The van der Waals surface area contributed by atoms with Gasteiger partial charge in [-0.3, -0.25) is 13.9 Å². The molecule has 1 N–H and O–H groups in total. The maximum Gasteiger partial charge on any atom is 0.264 e. The number of aryl methyl sites for hydroxylation is 1. The van der Waals surface area contributed by atoms with Gasteiger partial charge in [0.15, 0.2) is 11.5 Å². The van der Waals surface area contributed by atoms with Gasteiger partial charge in [0.2, 0.25) is 11.8 Å². The predicted octanol–water partition coefficient (Wildman–Crippen LogP) is 6.56. The molecular formula is C38H42ClN3O6S. The Bertz CT molecular complexity index is 1850. The van der Waals surface area contributed by atoms with Crippen LogP contribution < -0.4 is 19.1 Å². The molecule has 1 fully saturated rings. The Hall–Kier alpha value is -4.54. The highest BCUT2D eigenvalue weighted by Crippen LogP contribution is 2.33. The fraction of sp³-hybridized carbons (Fsp3) is 0.316. The van der Waals surface area contributed by atoms with E-state index in [4.69, 9.17) is 21.1 Å². The number of anilines is 1. The number of hydrogen-bond donors (Lipinski definition) is 1. The van der Waals surface area contributed by atoms with Crippen molar-refractivity contribution >= 4 is 39.1 Å². The zero-order valence-corrected chi connectivity index (χ0v) is 29.5. The van der Waals surface area contributed by atoms with Crippen molar-refractivity contribution < 1.29 is 27.5 Å². The number of amides is 2. The highest BCUT2D eigenvalue weighted by Gasteiger charge is 2.36. The number of ether oxygens (including phenoxy) is 2. The van der Waals surface area contributed by atoms with E-state index in [1.165, 1.54) is 37.3 Å². The quantitative estimate of drug-likeness (QED) is 0.160. The first-order valence-corrected chi connectivity index (χ1v) is 18.1. The third kappa shape index (κ3) is 8.74. The molecule has 0 bridgehead atoms. The van der Waals surface area contributed by atoms with Gasteiger partial charge >= 0.3 is 0 Å². The molecule has 1 atom stereocenters. The van der Waals surface area contributed by atoms with Crippen LogP contribution in [-0.2, 0) is 32.6 Å². The van der Waals surface area contributed by atoms with E-state index < -0.39 is 28.5 Å². The fourth-order valence-corrected chi connectivity index (χ4v) is 7.70. The van der Waals surface area contributed by atoms with Crippen molar-refractivity contribution in [1.29, 1.82) is 0 Å². The molecule has 4 aromatic carbocycles. The number of sulfonamides is 1. The molecule has 0 unspecified atom stereocenters. The van der Waals surface area contributed by atoms with E-state index in [1.807, 2.05) is 43.3 Å². The lowest BCUT2D eigenvalue weighted by Gasteiger charge is -2.34. The summed E-state index contributed by atoms with van der Waals surface area (Å²) in [6.07, 6.45) is 4.01. The Morgan fingerprint density at radius 2 is 1.53 bits per heavy atom. The number of halogens is 1. The summed E-state index contributed by atoms with van der Waals surface area (Å²) >= 11 is 6.61. The SMILES string of the molecule is COc1ccc(S(=O)(=O)N(CC(=O)N(Cc2ccccc2Cl)[C@H](Cc2ccccc2)C(=O)NC2CCCC2)c2ccc(C)cc2)cc1OC. The number of nitrogens with one attached hydrogen (secondary N) is 1. The average molecular weight is 704 g/mol. The van der Waals surface area contributed by atoms with Gasteiger partial charge in [-0.2, -0.15) is 0 Å². The van der Waals surface area contributed by atoms with Crippen LogP contribution in [0.5, 0.6) is 11.5 Å². The molecule has 5 rings (SSSR count). The zero-order chi connectivity index (χ0) is 35.0. The molecule has 0 spiro atoms. The first-order valence-electron chi connectivity index (χ1n) is 16.3. The molecule has 0 aromatic heterocycles. The normalized spacial score (nSPS) is 13.8. The van der Waals surface area contributed by atoms with E-state index in [0.29, 0.717) is 22.0 Å². The maximum atomic E-state index is 14.7. The third-order valence-electron chi connectivity index (χ3n) is 8.81. The summed E-state index contributed by atoms with van der Waals surface area (Å²) in [5.74, 6) is -0.263. The molecule has 0 aliphatic heterocycles. The number of methoxy groups -OCH3 is 2. The summed E-state index contributed by atoms with van der Waals surface area (Å²) in [6, 6.07) is 26.9. The molecular weight excluding hydrogens is 662 g/mol. The standard InChI is InChI=1S/C38H42ClN3O6S/c1-27-17-19-31(20-18-27)42(49(45,46)32-21-22-35(47-2)36(24-32)48-3)26-37(43)41(25-29-13-7-10-16-33(29)39)34(23-28-11-5-4-6-12-28)38(44)40-30-14-8-9-15-30/h4-7,10-13,16-22,24,30,34H,8-9,14-15,23,25-26H2,1-3H3,(H,40,44)/t34-/m1/s1. The average Bonchev–Trinajstić information content (AvgIpc) is 3.63. The summed E-state index contributed by atoms with van der Waals surface area (Å²) in [5, 5.41) is 3.62. The lowest BCUT2D eigenvalue weighted by atomic mass is 10.0. The van der Waals surface area contributed by atoms with Crippen molar-refractivity contribution in [2.45, 2.75) is 62.6 Å². The van der Waals surface area contributed by atoms with Gasteiger partial charge < -0.3 is 19.7 Å². The maximum absolute atomic E-state index is 14.7. The summed E-state index contributed by atoms with van der Waals surface area (Å²) in [7, 11) is -1.45. The Labute approximate surface area is 293 Å². The van der Waals surface area contributed by atoms with Crippen molar-refractivity contribution in [1.82, 2.24) is 10.2 Å². The number of nitrogens with zero attached hydrogens (tertiary/aromatic N) is 2. The van der Waals surface area contributed by atoms with Crippen LogP contribution >= 0.6 is 11.6 Å². The lowest BCUT2D eigenvalue weighted by molar-refractivity contribution is -0.140. The first-order chi connectivity index (χ1) is 23.6. The first kappa shape index (κ1) is 35.8. The molecule has 11 heteroatoms. The third-order valence-corrected chi connectivity index (χ3v) is 11.0. The number of benzene rings is 4. The highest BCUT2D eigenvalue weighted by molar-refractivity contribution is 7.92. The smallest absolute Gasteiger partial charge is 0.264 e. The Morgan fingerprint density at radius 3 is 2.18 bits per heavy atom. The molecule has 4 aromatic rings. The molecule has 9 nitrogen and oxygen atoms in total. The van der Waals surface area contributed by atoms with E-state index in [1.54, 1.807) is 42.5 Å². The van der Waals surface area contributed by atoms with Gasteiger partial charge in [0.05, 0.1) is 24.8 Å². The second-order valence-electron chi connectivity index (χ2n) is 12.2. The van der Waals surface area contributed by atoms with Gasteiger partial charge in [-0.25, -0.2) is 8.42 Å². The molecule has 0 saturated heterocycles. The number of carbonyl (C=O) groups is 2.